The number of carbonyl (C=O) groups is 1. The summed E-state index contributed by atoms with van der Waals surface area (Å²) >= 11 is 6.55. The summed E-state index contributed by atoms with van der Waals surface area (Å²) in [5.41, 5.74) is 4.31. The summed E-state index contributed by atoms with van der Waals surface area (Å²) in [6, 6.07) is 6.80. The van der Waals surface area contributed by atoms with Gasteiger partial charge in [-0.1, -0.05) is 42.5 Å². The predicted molar refractivity (Wildman–Crippen MR) is 106 cm³/mol. The van der Waals surface area contributed by atoms with Crippen LogP contribution in [0.4, 0.5) is 0 Å². The van der Waals surface area contributed by atoms with Gasteiger partial charge in [-0.2, -0.15) is 0 Å². The lowest BCUT2D eigenvalue weighted by molar-refractivity contribution is -0.141. The monoisotopic (exact) mass is 370 g/mol. The summed E-state index contributed by atoms with van der Waals surface area (Å²) in [6.45, 7) is 4.77. The fraction of sp³-hybridized carbons (Fsp3) is 0.545. The van der Waals surface area contributed by atoms with E-state index in [-0.39, 0.29) is 5.92 Å². The van der Waals surface area contributed by atoms with Gasteiger partial charge < -0.3 is 4.90 Å². The predicted octanol–water partition coefficient (Wildman–Crippen LogP) is 5.58. The number of aryl methyl sites for hydroxylation is 2. The van der Waals surface area contributed by atoms with Gasteiger partial charge in [0.1, 0.15) is 5.15 Å². The Morgan fingerprint density at radius 2 is 1.85 bits per heavy atom. The number of halogens is 1. The molecule has 0 saturated heterocycles. The van der Waals surface area contributed by atoms with Crippen LogP contribution >= 0.6 is 11.6 Å². The molecule has 0 N–H and O–H groups in total. The van der Waals surface area contributed by atoms with Crippen molar-refractivity contribution in [3.8, 4) is 0 Å². The van der Waals surface area contributed by atoms with Crippen LogP contribution in [0.2, 0.25) is 5.15 Å². The van der Waals surface area contributed by atoms with E-state index >= 15 is 0 Å². The molecule has 1 amide bonds. The molecule has 2 aliphatic carbocycles. The summed E-state index contributed by atoms with van der Waals surface area (Å²) in [6.07, 6.45) is 7.97. The molecule has 0 aliphatic heterocycles. The second-order valence-electron chi connectivity index (χ2n) is 8.12. The Labute approximate surface area is 160 Å². The average Bonchev–Trinajstić information content (AvgIpc) is 3.06. The van der Waals surface area contributed by atoms with Crippen LogP contribution in [0.3, 0.4) is 0 Å². The largest absolute Gasteiger partial charge is 0.335 e. The van der Waals surface area contributed by atoms with Crippen molar-refractivity contribution < 1.29 is 4.79 Å². The molecule has 1 aromatic heterocycles. The number of carbonyl (C=O) groups excluding carboxylic acids is 1. The Hall–Kier alpha value is -1.61. The summed E-state index contributed by atoms with van der Waals surface area (Å²) in [5.74, 6) is 0.562. The van der Waals surface area contributed by atoms with Crippen LogP contribution in [0.15, 0.2) is 18.2 Å². The number of hydrogen-bond donors (Lipinski definition) is 0. The first-order chi connectivity index (χ1) is 12.5. The quantitative estimate of drug-likeness (QED) is 0.658. The molecule has 0 bridgehead atoms. The van der Waals surface area contributed by atoms with Crippen molar-refractivity contribution in [1.82, 2.24) is 9.88 Å². The molecule has 2 aliphatic rings. The van der Waals surface area contributed by atoms with E-state index in [1.807, 2.05) is 0 Å². The number of fused-ring (bicyclic) bond motifs is 1. The summed E-state index contributed by atoms with van der Waals surface area (Å²) in [4.78, 5) is 19.8. The first-order valence-electron chi connectivity index (χ1n) is 9.90. The fourth-order valence-electron chi connectivity index (χ4n) is 4.46. The van der Waals surface area contributed by atoms with Gasteiger partial charge in [0.2, 0.25) is 5.91 Å². The standard InChI is InChI=1S/C22H27ClN2O/c1-14-10-15(2)20-17(11-14)12-18(21(23)24-20)13-25(19-8-3-4-9-19)22(26)16-6-5-7-16/h10-12,16,19H,3-9,13H2,1-2H3. The second kappa shape index (κ2) is 7.19. The van der Waals surface area contributed by atoms with E-state index < -0.39 is 0 Å². The highest BCUT2D eigenvalue weighted by molar-refractivity contribution is 6.30. The molecule has 0 unspecified atom stereocenters. The van der Waals surface area contributed by atoms with Gasteiger partial charge in [-0.05, 0) is 57.2 Å². The lowest BCUT2D eigenvalue weighted by atomic mass is 9.84. The number of benzene rings is 1. The second-order valence-corrected chi connectivity index (χ2v) is 8.48. The Morgan fingerprint density at radius 1 is 1.12 bits per heavy atom. The minimum absolute atomic E-state index is 0.229. The zero-order valence-electron chi connectivity index (χ0n) is 15.7. The zero-order valence-corrected chi connectivity index (χ0v) is 16.5. The Kier molecular flexibility index (Phi) is 4.92. The van der Waals surface area contributed by atoms with Crippen LogP contribution in [0.5, 0.6) is 0 Å². The van der Waals surface area contributed by atoms with Gasteiger partial charge in [0.05, 0.1) is 5.52 Å². The normalized spacial score (nSPS) is 18.3. The first-order valence-corrected chi connectivity index (χ1v) is 10.3. The van der Waals surface area contributed by atoms with E-state index in [1.54, 1.807) is 0 Å². The molecule has 0 atom stereocenters. The molecule has 2 saturated carbocycles. The molecule has 2 aromatic rings. The molecule has 1 aromatic carbocycles. The van der Waals surface area contributed by atoms with E-state index in [4.69, 9.17) is 11.6 Å². The SMILES string of the molecule is Cc1cc(C)c2nc(Cl)c(CN(C(=O)C3CCC3)C3CCCC3)cc2c1. The van der Waals surface area contributed by atoms with Crippen LogP contribution < -0.4 is 0 Å². The van der Waals surface area contributed by atoms with E-state index in [9.17, 15) is 4.79 Å². The van der Waals surface area contributed by atoms with Crippen LogP contribution in [0.1, 0.15) is 61.6 Å². The molecule has 4 heteroatoms. The summed E-state index contributed by atoms with van der Waals surface area (Å²) in [5, 5.41) is 1.65. The number of rotatable bonds is 4. The number of aromatic nitrogens is 1. The maximum Gasteiger partial charge on any atom is 0.226 e. The van der Waals surface area contributed by atoms with Crippen molar-refractivity contribution in [1.29, 1.82) is 0 Å². The Morgan fingerprint density at radius 3 is 2.50 bits per heavy atom. The highest BCUT2D eigenvalue weighted by atomic mass is 35.5. The van der Waals surface area contributed by atoms with Gasteiger partial charge in [0.25, 0.3) is 0 Å². The van der Waals surface area contributed by atoms with Crippen molar-refractivity contribution in [2.45, 2.75) is 71.4 Å². The smallest absolute Gasteiger partial charge is 0.226 e. The average molecular weight is 371 g/mol. The van der Waals surface area contributed by atoms with Crippen molar-refractivity contribution in [3.05, 3.63) is 40.0 Å². The lowest BCUT2D eigenvalue weighted by Crippen LogP contribution is -2.43. The molecule has 0 spiro atoms. The van der Waals surface area contributed by atoms with E-state index in [0.717, 1.165) is 47.7 Å². The van der Waals surface area contributed by atoms with Crippen molar-refractivity contribution >= 4 is 28.4 Å². The minimum atomic E-state index is 0.229. The molecule has 0 radical (unpaired) electrons. The highest BCUT2D eigenvalue weighted by Gasteiger charge is 2.34. The van der Waals surface area contributed by atoms with Gasteiger partial charge in [-0.15, -0.1) is 0 Å². The molecular weight excluding hydrogens is 344 g/mol. The number of hydrogen-bond acceptors (Lipinski definition) is 2. The van der Waals surface area contributed by atoms with E-state index in [2.05, 4.69) is 41.9 Å². The van der Waals surface area contributed by atoms with Gasteiger partial charge in [0, 0.05) is 29.5 Å². The molecule has 1 heterocycles. The molecule has 4 rings (SSSR count). The minimum Gasteiger partial charge on any atom is -0.335 e. The molecular formula is C22H27ClN2O. The van der Waals surface area contributed by atoms with E-state index in [1.165, 1.54) is 24.8 Å². The highest BCUT2D eigenvalue weighted by Crippen LogP contribution is 2.34. The third-order valence-electron chi connectivity index (χ3n) is 6.12. The van der Waals surface area contributed by atoms with Crippen molar-refractivity contribution in [3.63, 3.8) is 0 Å². The van der Waals surface area contributed by atoms with Gasteiger partial charge in [-0.3, -0.25) is 4.79 Å². The lowest BCUT2D eigenvalue weighted by Gasteiger charge is -2.35. The topological polar surface area (TPSA) is 33.2 Å². The van der Waals surface area contributed by atoms with Crippen molar-refractivity contribution in [2.75, 3.05) is 0 Å². The molecule has 26 heavy (non-hydrogen) atoms. The fourth-order valence-corrected chi connectivity index (χ4v) is 4.66. The van der Waals surface area contributed by atoms with Crippen LogP contribution in [0, 0.1) is 19.8 Å². The van der Waals surface area contributed by atoms with E-state index in [0.29, 0.717) is 23.6 Å². The third-order valence-corrected chi connectivity index (χ3v) is 6.45. The molecule has 138 valence electrons. The molecule has 2 fully saturated rings. The number of pyridine rings is 1. The zero-order chi connectivity index (χ0) is 18.3. The van der Waals surface area contributed by atoms with Gasteiger partial charge in [0.15, 0.2) is 0 Å². The maximum absolute atomic E-state index is 13.1. The maximum atomic E-state index is 13.1. The molecule has 3 nitrogen and oxygen atoms in total. The summed E-state index contributed by atoms with van der Waals surface area (Å²) < 4.78 is 0. The van der Waals surface area contributed by atoms with Crippen LogP contribution in [-0.2, 0) is 11.3 Å². The Bertz CT molecular complexity index is 838. The summed E-state index contributed by atoms with van der Waals surface area (Å²) in [7, 11) is 0. The van der Waals surface area contributed by atoms with Crippen LogP contribution in [0.25, 0.3) is 10.9 Å². The van der Waals surface area contributed by atoms with Crippen LogP contribution in [-0.4, -0.2) is 21.8 Å². The van der Waals surface area contributed by atoms with Crippen molar-refractivity contribution in [2.24, 2.45) is 5.92 Å². The first kappa shape index (κ1) is 17.8. The number of nitrogens with zero attached hydrogens (tertiary/aromatic N) is 2. The van der Waals surface area contributed by atoms with Gasteiger partial charge >= 0.3 is 0 Å². The van der Waals surface area contributed by atoms with Gasteiger partial charge in [-0.25, -0.2) is 4.98 Å². The number of amides is 1. The third kappa shape index (κ3) is 3.34. The Balaban J connectivity index is 1.67.